The van der Waals surface area contributed by atoms with E-state index in [4.69, 9.17) is 9.57 Å². The van der Waals surface area contributed by atoms with E-state index in [9.17, 15) is 4.79 Å². The minimum Gasteiger partial charge on any atom is -0.465 e. The first-order chi connectivity index (χ1) is 7.60. The SMILES string of the molecule is CONCc1cc(C(=O)OC)c(C)cc1C. The lowest BCUT2D eigenvalue weighted by atomic mass is 10.00. The van der Waals surface area contributed by atoms with Crippen LogP contribution in [0.1, 0.15) is 27.0 Å². The molecule has 1 N–H and O–H groups in total. The number of methoxy groups -OCH3 is 1. The highest BCUT2D eigenvalue weighted by Crippen LogP contribution is 2.17. The second kappa shape index (κ2) is 5.63. The van der Waals surface area contributed by atoms with Gasteiger partial charge in [-0.3, -0.25) is 0 Å². The van der Waals surface area contributed by atoms with Crippen LogP contribution >= 0.6 is 0 Å². The molecule has 0 bridgehead atoms. The van der Waals surface area contributed by atoms with Gasteiger partial charge in [-0.05, 0) is 36.6 Å². The van der Waals surface area contributed by atoms with Crippen molar-refractivity contribution in [2.24, 2.45) is 0 Å². The predicted molar refractivity (Wildman–Crippen MR) is 61.1 cm³/mol. The normalized spacial score (nSPS) is 10.2. The Hall–Kier alpha value is -1.39. The summed E-state index contributed by atoms with van der Waals surface area (Å²) in [5, 5.41) is 0. The second-order valence-electron chi connectivity index (χ2n) is 3.61. The molecule has 0 heterocycles. The monoisotopic (exact) mass is 223 g/mol. The van der Waals surface area contributed by atoms with E-state index >= 15 is 0 Å². The number of esters is 1. The van der Waals surface area contributed by atoms with Crippen molar-refractivity contribution < 1.29 is 14.4 Å². The smallest absolute Gasteiger partial charge is 0.338 e. The van der Waals surface area contributed by atoms with Gasteiger partial charge in [0, 0.05) is 6.54 Å². The van der Waals surface area contributed by atoms with E-state index in [1.54, 1.807) is 7.11 Å². The van der Waals surface area contributed by atoms with E-state index in [1.165, 1.54) is 7.11 Å². The molecule has 0 aliphatic heterocycles. The number of carbonyl (C=O) groups excluding carboxylic acids is 1. The predicted octanol–water partition coefficient (Wildman–Crippen LogP) is 1.74. The summed E-state index contributed by atoms with van der Waals surface area (Å²) < 4.78 is 4.73. The van der Waals surface area contributed by atoms with Crippen LogP contribution in [0, 0.1) is 13.8 Å². The number of ether oxygens (including phenoxy) is 1. The fourth-order valence-electron chi connectivity index (χ4n) is 1.57. The van der Waals surface area contributed by atoms with Crippen LogP contribution in [-0.2, 0) is 16.1 Å². The molecule has 4 heteroatoms. The summed E-state index contributed by atoms with van der Waals surface area (Å²) in [6.45, 7) is 4.46. The van der Waals surface area contributed by atoms with E-state index in [0.29, 0.717) is 12.1 Å². The Morgan fingerprint density at radius 3 is 2.50 bits per heavy atom. The molecule has 1 aromatic rings. The van der Waals surface area contributed by atoms with Crippen molar-refractivity contribution in [3.63, 3.8) is 0 Å². The molecular weight excluding hydrogens is 206 g/mol. The number of hydroxylamine groups is 1. The molecule has 0 saturated heterocycles. The average Bonchev–Trinajstić information content (AvgIpc) is 2.27. The molecule has 1 aromatic carbocycles. The van der Waals surface area contributed by atoms with Gasteiger partial charge in [0.1, 0.15) is 0 Å². The number of rotatable bonds is 4. The molecule has 0 fully saturated rings. The van der Waals surface area contributed by atoms with Gasteiger partial charge >= 0.3 is 5.97 Å². The maximum Gasteiger partial charge on any atom is 0.338 e. The second-order valence-corrected chi connectivity index (χ2v) is 3.61. The minimum atomic E-state index is -0.309. The molecule has 0 saturated carbocycles. The van der Waals surface area contributed by atoms with E-state index < -0.39 is 0 Å². The quantitative estimate of drug-likeness (QED) is 0.624. The van der Waals surface area contributed by atoms with Crippen molar-refractivity contribution in [1.82, 2.24) is 5.48 Å². The van der Waals surface area contributed by atoms with Crippen molar-refractivity contribution >= 4 is 5.97 Å². The summed E-state index contributed by atoms with van der Waals surface area (Å²) in [5.74, 6) is -0.309. The van der Waals surface area contributed by atoms with E-state index in [0.717, 1.165) is 16.7 Å². The largest absolute Gasteiger partial charge is 0.465 e. The van der Waals surface area contributed by atoms with Crippen LogP contribution in [0.4, 0.5) is 0 Å². The van der Waals surface area contributed by atoms with Crippen LogP contribution in [0.2, 0.25) is 0 Å². The molecule has 88 valence electrons. The lowest BCUT2D eigenvalue weighted by molar-refractivity contribution is 0.0599. The summed E-state index contributed by atoms with van der Waals surface area (Å²) in [7, 11) is 2.94. The summed E-state index contributed by atoms with van der Waals surface area (Å²) in [6, 6.07) is 3.81. The first-order valence-corrected chi connectivity index (χ1v) is 5.04. The number of aryl methyl sites for hydroxylation is 2. The van der Waals surface area contributed by atoms with Crippen molar-refractivity contribution in [2.75, 3.05) is 14.2 Å². The summed E-state index contributed by atoms with van der Waals surface area (Å²) in [6.07, 6.45) is 0. The van der Waals surface area contributed by atoms with Crippen molar-refractivity contribution in [3.05, 3.63) is 34.4 Å². The minimum absolute atomic E-state index is 0.309. The van der Waals surface area contributed by atoms with Gasteiger partial charge in [-0.2, -0.15) is 5.48 Å². The number of nitrogens with one attached hydrogen (secondary N) is 1. The zero-order valence-corrected chi connectivity index (χ0v) is 10.1. The lowest BCUT2D eigenvalue weighted by Crippen LogP contribution is -2.13. The molecule has 16 heavy (non-hydrogen) atoms. The molecular formula is C12H17NO3. The van der Waals surface area contributed by atoms with Crippen LogP contribution in [0.5, 0.6) is 0 Å². The summed E-state index contributed by atoms with van der Waals surface area (Å²) in [4.78, 5) is 16.3. The molecule has 0 radical (unpaired) electrons. The highest BCUT2D eigenvalue weighted by molar-refractivity contribution is 5.91. The Bertz CT molecular complexity index is 388. The fourth-order valence-corrected chi connectivity index (χ4v) is 1.57. The molecule has 1 rings (SSSR count). The number of carbonyl (C=O) groups is 1. The third-order valence-corrected chi connectivity index (χ3v) is 2.50. The number of hydrogen-bond donors (Lipinski definition) is 1. The van der Waals surface area contributed by atoms with Gasteiger partial charge in [0.25, 0.3) is 0 Å². The maximum atomic E-state index is 11.5. The number of hydrogen-bond acceptors (Lipinski definition) is 4. The first kappa shape index (κ1) is 12.7. The van der Waals surface area contributed by atoms with Gasteiger partial charge in [0.2, 0.25) is 0 Å². The van der Waals surface area contributed by atoms with Gasteiger partial charge in [0.05, 0.1) is 19.8 Å². The molecule has 4 nitrogen and oxygen atoms in total. The van der Waals surface area contributed by atoms with E-state index in [1.807, 2.05) is 26.0 Å². The van der Waals surface area contributed by atoms with Gasteiger partial charge < -0.3 is 9.57 Å². The van der Waals surface area contributed by atoms with Crippen LogP contribution in [0.15, 0.2) is 12.1 Å². The first-order valence-electron chi connectivity index (χ1n) is 5.04. The molecule has 0 aliphatic rings. The van der Waals surface area contributed by atoms with Crippen LogP contribution in [-0.4, -0.2) is 20.2 Å². The molecule has 0 amide bonds. The maximum absolute atomic E-state index is 11.5. The Labute approximate surface area is 95.5 Å². The Kier molecular flexibility index (Phi) is 4.46. The third-order valence-electron chi connectivity index (χ3n) is 2.50. The Morgan fingerprint density at radius 1 is 1.25 bits per heavy atom. The van der Waals surface area contributed by atoms with Crippen molar-refractivity contribution in [2.45, 2.75) is 20.4 Å². The molecule has 0 unspecified atom stereocenters. The van der Waals surface area contributed by atoms with Gasteiger partial charge in [-0.25, -0.2) is 4.79 Å². The average molecular weight is 223 g/mol. The summed E-state index contributed by atoms with van der Waals surface area (Å²) >= 11 is 0. The van der Waals surface area contributed by atoms with E-state index in [-0.39, 0.29) is 5.97 Å². The Morgan fingerprint density at radius 2 is 1.94 bits per heavy atom. The molecule has 0 spiro atoms. The number of benzene rings is 1. The fraction of sp³-hybridized carbons (Fsp3) is 0.417. The highest BCUT2D eigenvalue weighted by Gasteiger charge is 2.11. The highest BCUT2D eigenvalue weighted by atomic mass is 16.6. The van der Waals surface area contributed by atoms with Gasteiger partial charge in [0.15, 0.2) is 0 Å². The molecule has 0 aliphatic carbocycles. The van der Waals surface area contributed by atoms with Crippen LogP contribution < -0.4 is 5.48 Å². The van der Waals surface area contributed by atoms with Gasteiger partial charge in [-0.15, -0.1) is 0 Å². The van der Waals surface area contributed by atoms with E-state index in [2.05, 4.69) is 5.48 Å². The van der Waals surface area contributed by atoms with Crippen LogP contribution in [0.3, 0.4) is 0 Å². The standard InChI is InChI=1S/C12H17NO3/c1-8-5-9(2)11(12(14)15-3)6-10(8)7-13-16-4/h5-6,13H,7H2,1-4H3. The van der Waals surface area contributed by atoms with Crippen LogP contribution in [0.25, 0.3) is 0 Å². The summed E-state index contributed by atoms with van der Waals surface area (Å²) in [5.41, 5.74) is 6.42. The molecule has 0 aromatic heterocycles. The zero-order valence-electron chi connectivity index (χ0n) is 10.1. The molecule has 0 atom stereocenters. The Balaban J connectivity index is 3.06. The van der Waals surface area contributed by atoms with Crippen molar-refractivity contribution in [3.8, 4) is 0 Å². The topological polar surface area (TPSA) is 47.6 Å². The third kappa shape index (κ3) is 2.81. The van der Waals surface area contributed by atoms with Gasteiger partial charge in [-0.1, -0.05) is 6.07 Å². The zero-order chi connectivity index (χ0) is 12.1. The van der Waals surface area contributed by atoms with Crippen molar-refractivity contribution in [1.29, 1.82) is 0 Å². The lowest BCUT2D eigenvalue weighted by Gasteiger charge is -2.11.